The highest BCUT2D eigenvalue weighted by Crippen LogP contribution is 2.37. The summed E-state index contributed by atoms with van der Waals surface area (Å²) in [6, 6.07) is 4.80. The van der Waals surface area contributed by atoms with Crippen LogP contribution in [-0.2, 0) is 16.5 Å². The monoisotopic (exact) mass is 365 g/mol. The number of amides is 1. The summed E-state index contributed by atoms with van der Waals surface area (Å²) in [5, 5.41) is 6.83. The quantitative estimate of drug-likeness (QED) is 0.832. The van der Waals surface area contributed by atoms with E-state index in [1.54, 1.807) is 6.92 Å². The van der Waals surface area contributed by atoms with Gasteiger partial charge in [0.1, 0.15) is 5.54 Å². The van der Waals surface area contributed by atoms with Crippen LogP contribution in [0.4, 0.5) is 13.2 Å². The molecule has 0 spiro atoms. The number of nitrogens with zero attached hydrogens (tertiary/aromatic N) is 2. The smallest absolute Gasteiger partial charge is 0.340 e. The first-order valence-corrected chi connectivity index (χ1v) is 8.27. The Morgan fingerprint density at radius 2 is 2.04 bits per heavy atom. The second kappa shape index (κ2) is 6.93. The first-order valence-electron chi connectivity index (χ1n) is 8.27. The van der Waals surface area contributed by atoms with E-state index in [2.05, 4.69) is 15.5 Å². The van der Waals surface area contributed by atoms with Gasteiger partial charge in [-0.3, -0.25) is 4.79 Å². The highest BCUT2D eigenvalue weighted by Gasteiger charge is 2.40. The molecule has 1 aromatic carbocycles. The Kier molecular flexibility index (Phi) is 4.84. The lowest BCUT2D eigenvalue weighted by Crippen LogP contribution is -2.44. The summed E-state index contributed by atoms with van der Waals surface area (Å²) in [5.41, 5.74) is -1.15. The van der Waals surface area contributed by atoms with Crippen LogP contribution in [0.3, 0.4) is 0 Å². The maximum absolute atomic E-state index is 12.8. The predicted octanol–water partition coefficient (Wildman–Crippen LogP) is 4.00. The van der Waals surface area contributed by atoms with Gasteiger partial charge in [-0.1, -0.05) is 30.1 Å². The number of carbonyl (C=O) groups excluding carboxylic acids is 1. The second-order valence-electron chi connectivity index (χ2n) is 6.37. The summed E-state index contributed by atoms with van der Waals surface area (Å²) >= 11 is 0. The molecule has 1 N–H and O–H groups in total. The molecule has 26 heavy (non-hydrogen) atoms. The third kappa shape index (κ3) is 3.95. The predicted molar refractivity (Wildman–Crippen MR) is 87.8 cm³/mol. The minimum atomic E-state index is -4.42. The lowest BCUT2D eigenvalue weighted by molar-refractivity contribution is -0.137. The van der Waals surface area contributed by atoms with E-state index in [0.29, 0.717) is 30.1 Å². The Labute approximate surface area is 148 Å². The molecule has 1 aromatic heterocycles. The molecule has 0 atom stereocenters. The molecule has 0 aliphatic heterocycles. The van der Waals surface area contributed by atoms with Crippen molar-refractivity contribution in [2.45, 2.75) is 44.3 Å². The molecule has 1 aliphatic carbocycles. The zero-order valence-electron chi connectivity index (χ0n) is 14.1. The molecule has 0 saturated heterocycles. The van der Waals surface area contributed by atoms with Gasteiger partial charge in [-0.15, -0.1) is 0 Å². The van der Waals surface area contributed by atoms with Crippen LogP contribution in [0.15, 0.2) is 34.9 Å². The SMILES string of the molecule is Cc1nc(C2(NC(=O)C=Cc3cccc(C(F)(F)F)c3)CCCC2)no1. The Bertz CT molecular complexity index is 821. The van der Waals surface area contributed by atoms with Gasteiger partial charge in [0.05, 0.1) is 5.56 Å². The molecular formula is C18H18F3N3O2. The molecule has 0 radical (unpaired) electrons. The Morgan fingerprint density at radius 3 is 2.65 bits per heavy atom. The maximum Gasteiger partial charge on any atom is 0.416 e. The number of hydrogen-bond donors (Lipinski definition) is 1. The summed E-state index contributed by atoms with van der Waals surface area (Å²) in [5.74, 6) is 0.445. The van der Waals surface area contributed by atoms with Crippen LogP contribution >= 0.6 is 0 Å². The van der Waals surface area contributed by atoms with Crippen molar-refractivity contribution >= 4 is 12.0 Å². The molecule has 1 amide bonds. The number of nitrogens with one attached hydrogen (secondary N) is 1. The van der Waals surface area contributed by atoms with Crippen LogP contribution in [0.5, 0.6) is 0 Å². The molecule has 2 aromatic rings. The molecule has 1 fully saturated rings. The summed E-state index contributed by atoms with van der Waals surface area (Å²) in [6.07, 6.45) is 1.38. The van der Waals surface area contributed by atoms with E-state index in [-0.39, 0.29) is 0 Å². The average molecular weight is 365 g/mol. The molecule has 8 heteroatoms. The van der Waals surface area contributed by atoms with Gasteiger partial charge in [0.25, 0.3) is 0 Å². The summed E-state index contributed by atoms with van der Waals surface area (Å²) in [6.45, 7) is 1.68. The number of aryl methyl sites for hydroxylation is 1. The van der Waals surface area contributed by atoms with Crippen LogP contribution in [0.25, 0.3) is 6.08 Å². The van der Waals surface area contributed by atoms with Crippen LogP contribution < -0.4 is 5.32 Å². The lowest BCUT2D eigenvalue weighted by Gasteiger charge is -2.25. The van der Waals surface area contributed by atoms with Gasteiger partial charge in [-0.2, -0.15) is 18.2 Å². The first kappa shape index (κ1) is 18.2. The highest BCUT2D eigenvalue weighted by atomic mass is 19.4. The van der Waals surface area contributed by atoms with Gasteiger partial charge in [0, 0.05) is 13.0 Å². The molecule has 0 unspecified atom stereocenters. The number of rotatable bonds is 4. The number of halogens is 3. The van der Waals surface area contributed by atoms with Crippen LogP contribution in [-0.4, -0.2) is 16.0 Å². The molecule has 1 aliphatic rings. The van der Waals surface area contributed by atoms with Gasteiger partial charge in [0.2, 0.25) is 11.8 Å². The Hall–Kier alpha value is -2.64. The summed E-state index contributed by atoms with van der Waals surface area (Å²) in [4.78, 5) is 16.6. The summed E-state index contributed by atoms with van der Waals surface area (Å²) < 4.78 is 43.3. The largest absolute Gasteiger partial charge is 0.416 e. The van der Waals surface area contributed by atoms with Crippen molar-refractivity contribution in [3.05, 3.63) is 53.2 Å². The van der Waals surface area contributed by atoms with Crippen LogP contribution in [0.1, 0.15) is 48.5 Å². The molecule has 1 heterocycles. The van der Waals surface area contributed by atoms with Gasteiger partial charge in [0.15, 0.2) is 5.82 Å². The Balaban J connectivity index is 1.74. The topological polar surface area (TPSA) is 68.0 Å². The van der Waals surface area contributed by atoms with Gasteiger partial charge in [-0.25, -0.2) is 0 Å². The first-order chi connectivity index (χ1) is 12.3. The van der Waals surface area contributed by atoms with Gasteiger partial charge in [-0.05, 0) is 36.6 Å². The van der Waals surface area contributed by atoms with Crippen molar-refractivity contribution in [1.82, 2.24) is 15.5 Å². The average Bonchev–Trinajstić information content (AvgIpc) is 3.22. The summed E-state index contributed by atoms with van der Waals surface area (Å²) in [7, 11) is 0. The number of carbonyl (C=O) groups is 1. The van der Waals surface area contributed by atoms with Crippen LogP contribution in [0, 0.1) is 6.92 Å². The van der Waals surface area contributed by atoms with Crippen molar-refractivity contribution in [1.29, 1.82) is 0 Å². The minimum absolute atomic E-state index is 0.297. The van der Waals surface area contributed by atoms with E-state index in [1.165, 1.54) is 24.3 Å². The van der Waals surface area contributed by atoms with Crippen molar-refractivity contribution in [2.24, 2.45) is 0 Å². The molecule has 3 rings (SSSR count). The second-order valence-corrected chi connectivity index (χ2v) is 6.37. The van der Waals surface area contributed by atoms with Crippen molar-refractivity contribution in [2.75, 3.05) is 0 Å². The third-order valence-electron chi connectivity index (χ3n) is 4.42. The van der Waals surface area contributed by atoms with E-state index < -0.39 is 23.2 Å². The van der Waals surface area contributed by atoms with Crippen molar-refractivity contribution in [3.8, 4) is 0 Å². The van der Waals surface area contributed by atoms with Crippen molar-refractivity contribution in [3.63, 3.8) is 0 Å². The standard InChI is InChI=1S/C18H18F3N3O2/c1-12-22-16(24-26-12)17(9-2-3-10-17)23-15(25)8-7-13-5-4-6-14(11-13)18(19,20)21/h4-8,11H,2-3,9-10H2,1H3,(H,23,25). The fourth-order valence-corrected chi connectivity index (χ4v) is 3.14. The zero-order chi connectivity index (χ0) is 18.8. The van der Waals surface area contributed by atoms with Gasteiger partial charge >= 0.3 is 6.18 Å². The molecular weight excluding hydrogens is 347 g/mol. The number of hydrogen-bond acceptors (Lipinski definition) is 4. The number of benzene rings is 1. The fraction of sp³-hybridized carbons (Fsp3) is 0.389. The fourth-order valence-electron chi connectivity index (χ4n) is 3.14. The molecule has 1 saturated carbocycles. The molecule has 138 valence electrons. The van der Waals surface area contributed by atoms with E-state index in [4.69, 9.17) is 4.52 Å². The van der Waals surface area contributed by atoms with E-state index in [9.17, 15) is 18.0 Å². The zero-order valence-corrected chi connectivity index (χ0v) is 14.1. The normalized spacial score (nSPS) is 16.9. The van der Waals surface area contributed by atoms with Crippen molar-refractivity contribution < 1.29 is 22.5 Å². The van der Waals surface area contributed by atoms with E-state index in [0.717, 1.165) is 25.0 Å². The van der Waals surface area contributed by atoms with E-state index in [1.807, 2.05) is 0 Å². The number of aromatic nitrogens is 2. The number of alkyl halides is 3. The highest BCUT2D eigenvalue weighted by molar-refractivity contribution is 5.92. The lowest BCUT2D eigenvalue weighted by atomic mass is 9.96. The van der Waals surface area contributed by atoms with E-state index >= 15 is 0 Å². The Morgan fingerprint density at radius 1 is 1.31 bits per heavy atom. The molecule has 0 bridgehead atoms. The molecule has 5 nitrogen and oxygen atoms in total. The van der Waals surface area contributed by atoms with Gasteiger partial charge < -0.3 is 9.84 Å². The van der Waals surface area contributed by atoms with Crippen LogP contribution in [0.2, 0.25) is 0 Å². The third-order valence-corrected chi connectivity index (χ3v) is 4.42. The maximum atomic E-state index is 12.8. The minimum Gasteiger partial charge on any atom is -0.340 e.